The molecule has 0 atom stereocenters. The Morgan fingerprint density at radius 3 is 2.66 bits per heavy atom. The van der Waals surface area contributed by atoms with Crippen LogP contribution in [0.3, 0.4) is 0 Å². The Bertz CT molecular complexity index is 1370. The predicted molar refractivity (Wildman–Crippen MR) is 143 cm³/mol. The van der Waals surface area contributed by atoms with Crippen LogP contribution in [0.1, 0.15) is 11.4 Å². The van der Waals surface area contributed by atoms with Crippen molar-refractivity contribution in [3.05, 3.63) is 59.4 Å². The molecule has 1 saturated heterocycles. The number of amides is 1. The van der Waals surface area contributed by atoms with Crippen LogP contribution < -0.4 is 15.0 Å². The number of nitrogens with zero attached hydrogens (tertiary/aromatic N) is 4. The zero-order valence-corrected chi connectivity index (χ0v) is 23.6. The Morgan fingerprint density at radius 1 is 1.20 bits per heavy atom. The van der Waals surface area contributed by atoms with Crippen LogP contribution in [0.4, 0.5) is 0 Å². The van der Waals surface area contributed by atoms with Crippen LogP contribution in [0.5, 0.6) is 11.5 Å². The van der Waals surface area contributed by atoms with Crippen LogP contribution in [0.15, 0.2) is 47.6 Å². The third kappa shape index (κ3) is 5.60. The quantitative estimate of drug-likeness (QED) is 0.366. The molecule has 4 rings (SSSR count). The van der Waals surface area contributed by atoms with E-state index in [4.69, 9.17) is 14.2 Å². The molecule has 35 heavy (non-hydrogen) atoms. The molecular weight excluding hydrogens is 652 g/mol. The van der Waals surface area contributed by atoms with E-state index in [0.717, 1.165) is 4.47 Å². The van der Waals surface area contributed by atoms with Gasteiger partial charge in [0.1, 0.15) is 5.82 Å². The first-order valence-electron chi connectivity index (χ1n) is 10.6. The first kappa shape index (κ1) is 25.8. The van der Waals surface area contributed by atoms with E-state index in [1.807, 2.05) is 6.07 Å². The Labute approximate surface area is 226 Å². The Kier molecular flexibility index (Phi) is 8.25. The summed E-state index contributed by atoms with van der Waals surface area (Å²) in [5.74, 6) is 1.10. The summed E-state index contributed by atoms with van der Waals surface area (Å²) in [7, 11) is 1.51. The first-order valence-corrected chi connectivity index (χ1v) is 13.0. The van der Waals surface area contributed by atoms with Gasteiger partial charge in [0.05, 0.1) is 41.9 Å². The smallest absolute Gasteiger partial charge is 0.282 e. The van der Waals surface area contributed by atoms with Crippen molar-refractivity contribution in [3.63, 3.8) is 0 Å². The highest BCUT2D eigenvalue weighted by Crippen LogP contribution is 2.42. The number of hydrogen-bond acceptors (Lipinski definition) is 7. The summed E-state index contributed by atoms with van der Waals surface area (Å²) in [6.45, 7) is 3.70. The van der Waals surface area contributed by atoms with E-state index in [2.05, 4.69) is 57.9 Å². The molecule has 1 amide bonds. The van der Waals surface area contributed by atoms with Crippen molar-refractivity contribution in [2.24, 2.45) is 5.10 Å². The monoisotopic (exact) mass is 670 g/mol. The van der Waals surface area contributed by atoms with Gasteiger partial charge in [-0.2, -0.15) is 9.78 Å². The lowest BCUT2D eigenvalue weighted by atomic mass is 10.2. The Balaban J connectivity index is 1.62. The molecule has 1 aromatic heterocycles. The first-order chi connectivity index (χ1) is 16.8. The largest absolute Gasteiger partial charge is 0.493 e. The van der Waals surface area contributed by atoms with Gasteiger partial charge in [-0.1, -0.05) is 15.9 Å². The van der Waals surface area contributed by atoms with E-state index in [0.29, 0.717) is 69.0 Å². The molecule has 2 heterocycles. The summed E-state index contributed by atoms with van der Waals surface area (Å²) in [5.41, 5.74) is 0.941. The van der Waals surface area contributed by atoms with Crippen LogP contribution in [0.25, 0.3) is 10.9 Å². The summed E-state index contributed by atoms with van der Waals surface area (Å²) in [5, 5.41) is 4.83. The normalized spacial score (nSPS) is 14.0. The average molecular weight is 673 g/mol. The molecule has 0 unspecified atom stereocenters. The Hall–Kier alpha value is -2.28. The van der Waals surface area contributed by atoms with E-state index in [-0.39, 0.29) is 18.1 Å². The fourth-order valence-corrected chi connectivity index (χ4v) is 4.84. The fraction of sp³-hybridized carbons (Fsp3) is 0.304. The molecule has 0 spiro atoms. The zero-order chi connectivity index (χ0) is 25.1. The van der Waals surface area contributed by atoms with E-state index in [9.17, 15) is 9.59 Å². The number of aromatic nitrogens is 2. The van der Waals surface area contributed by atoms with Crippen molar-refractivity contribution in [2.75, 3.05) is 40.0 Å². The number of hydrogen-bond donors (Lipinski definition) is 0. The molecule has 0 aliphatic carbocycles. The van der Waals surface area contributed by atoms with Crippen molar-refractivity contribution in [2.45, 2.75) is 6.92 Å². The van der Waals surface area contributed by atoms with Crippen molar-refractivity contribution < 1.29 is 19.0 Å². The molecule has 0 bridgehead atoms. The van der Waals surface area contributed by atoms with Crippen LogP contribution in [0, 0.1) is 6.92 Å². The van der Waals surface area contributed by atoms with Gasteiger partial charge in [-0.25, -0.2) is 4.98 Å². The second-order valence-electron chi connectivity index (χ2n) is 7.59. The number of methoxy groups -OCH3 is 1. The molecule has 184 valence electrons. The molecule has 0 saturated carbocycles. The number of halogens is 3. The van der Waals surface area contributed by atoms with Gasteiger partial charge >= 0.3 is 0 Å². The van der Waals surface area contributed by atoms with E-state index in [1.165, 1.54) is 18.0 Å². The average Bonchev–Trinajstić information content (AvgIpc) is 2.86. The molecule has 12 heteroatoms. The molecule has 3 aromatic rings. The highest BCUT2D eigenvalue weighted by molar-refractivity contribution is 9.13. The SMILES string of the molecule is COc1cc(C=Nn2c(C)nc3ccc(Br)cc3c2=O)c(Br)c(Br)c1OCC(=O)N1CCOCC1. The Morgan fingerprint density at radius 2 is 1.94 bits per heavy atom. The van der Waals surface area contributed by atoms with Crippen LogP contribution in [-0.2, 0) is 9.53 Å². The van der Waals surface area contributed by atoms with Gasteiger partial charge in [-0.15, -0.1) is 0 Å². The molecule has 1 aliphatic rings. The fourth-order valence-electron chi connectivity index (χ4n) is 3.54. The van der Waals surface area contributed by atoms with Gasteiger partial charge in [0, 0.05) is 27.6 Å². The maximum atomic E-state index is 13.0. The lowest BCUT2D eigenvalue weighted by molar-refractivity contribution is -0.137. The van der Waals surface area contributed by atoms with Crippen LogP contribution in [-0.4, -0.2) is 66.7 Å². The van der Waals surface area contributed by atoms with Gasteiger partial charge in [-0.3, -0.25) is 9.59 Å². The number of ether oxygens (including phenoxy) is 3. The lowest BCUT2D eigenvalue weighted by Crippen LogP contribution is -2.43. The van der Waals surface area contributed by atoms with Crippen molar-refractivity contribution >= 4 is 70.8 Å². The minimum atomic E-state index is -0.284. The van der Waals surface area contributed by atoms with E-state index >= 15 is 0 Å². The number of benzene rings is 2. The van der Waals surface area contributed by atoms with Gasteiger partial charge in [0.25, 0.3) is 11.5 Å². The summed E-state index contributed by atoms with van der Waals surface area (Å²) in [4.78, 5) is 31.7. The molecule has 9 nitrogen and oxygen atoms in total. The maximum Gasteiger partial charge on any atom is 0.282 e. The number of carbonyl (C=O) groups is 1. The van der Waals surface area contributed by atoms with Gasteiger partial charge < -0.3 is 19.1 Å². The van der Waals surface area contributed by atoms with E-state index < -0.39 is 0 Å². The topological polar surface area (TPSA) is 95.2 Å². The molecule has 0 radical (unpaired) electrons. The lowest BCUT2D eigenvalue weighted by Gasteiger charge is -2.27. The molecule has 0 N–H and O–H groups in total. The highest BCUT2D eigenvalue weighted by atomic mass is 79.9. The molecular formula is C23H21Br3N4O5. The van der Waals surface area contributed by atoms with Crippen LogP contribution >= 0.6 is 47.8 Å². The second kappa shape index (κ2) is 11.2. The third-order valence-corrected chi connectivity index (χ3v) is 8.00. The van der Waals surface area contributed by atoms with Gasteiger partial charge in [0.2, 0.25) is 0 Å². The van der Waals surface area contributed by atoms with E-state index in [1.54, 1.807) is 30.0 Å². The maximum absolute atomic E-state index is 13.0. The van der Waals surface area contributed by atoms with Crippen molar-refractivity contribution in [1.82, 2.24) is 14.6 Å². The van der Waals surface area contributed by atoms with Gasteiger partial charge in [0.15, 0.2) is 18.1 Å². The summed E-state index contributed by atoms with van der Waals surface area (Å²) in [6.07, 6.45) is 1.53. The number of morpholine rings is 1. The molecule has 2 aromatic carbocycles. The molecule has 1 aliphatic heterocycles. The minimum absolute atomic E-state index is 0.130. The number of fused-ring (bicyclic) bond motifs is 1. The predicted octanol–water partition coefficient (Wildman–Crippen LogP) is 4.12. The standard InChI is InChI=1S/C23H21Br3N4O5/c1-13-28-17-4-3-15(24)10-16(17)23(32)30(13)27-11-14-9-18(33-2)22(21(26)20(14)25)35-12-19(31)29-5-7-34-8-6-29/h3-4,9-11H,5-8,12H2,1-2H3. The number of carbonyl (C=O) groups excluding carboxylic acids is 1. The third-order valence-electron chi connectivity index (χ3n) is 5.36. The number of rotatable bonds is 6. The summed E-state index contributed by atoms with van der Waals surface area (Å²) >= 11 is 10.5. The number of aryl methyl sites for hydroxylation is 1. The highest BCUT2D eigenvalue weighted by Gasteiger charge is 2.21. The van der Waals surface area contributed by atoms with Gasteiger partial charge in [-0.05, 0) is 63.0 Å². The molecule has 1 fully saturated rings. The van der Waals surface area contributed by atoms with Crippen molar-refractivity contribution in [1.29, 1.82) is 0 Å². The second-order valence-corrected chi connectivity index (χ2v) is 10.1. The summed E-state index contributed by atoms with van der Waals surface area (Å²) in [6, 6.07) is 7.04. The summed E-state index contributed by atoms with van der Waals surface area (Å²) < 4.78 is 19.8. The minimum Gasteiger partial charge on any atom is -0.493 e. The zero-order valence-electron chi connectivity index (χ0n) is 18.9. The van der Waals surface area contributed by atoms with Crippen LogP contribution in [0.2, 0.25) is 0 Å². The van der Waals surface area contributed by atoms with Crippen molar-refractivity contribution in [3.8, 4) is 11.5 Å².